The zero-order chi connectivity index (χ0) is 15.6. The van der Waals surface area contributed by atoms with Crippen LogP contribution in [0.5, 0.6) is 0 Å². The molecule has 1 aromatic carbocycles. The molecule has 0 bridgehead atoms. The standard InChI is InChI=1S/C16H13Cl2N3O/c17-16(18)10-15(16,13-4-2-1-3-5-13)11-20-21-14(22)12-6-8-19-9-7-12/h1-9,11H,10H2,(H,21,22). The van der Waals surface area contributed by atoms with Gasteiger partial charge < -0.3 is 0 Å². The summed E-state index contributed by atoms with van der Waals surface area (Å²) in [6.07, 6.45) is 5.27. The van der Waals surface area contributed by atoms with Crippen molar-refractivity contribution in [3.05, 3.63) is 66.0 Å². The highest BCUT2D eigenvalue weighted by Gasteiger charge is 2.66. The first-order valence-electron chi connectivity index (χ1n) is 6.73. The highest BCUT2D eigenvalue weighted by atomic mass is 35.5. The highest BCUT2D eigenvalue weighted by molar-refractivity contribution is 6.53. The number of hydrazone groups is 1. The summed E-state index contributed by atoms with van der Waals surface area (Å²) in [6.45, 7) is 0. The third kappa shape index (κ3) is 2.72. The van der Waals surface area contributed by atoms with Crippen molar-refractivity contribution in [2.24, 2.45) is 5.10 Å². The molecule has 1 unspecified atom stereocenters. The molecule has 1 aliphatic carbocycles. The number of hydrogen-bond acceptors (Lipinski definition) is 3. The Labute approximate surface area is 138 Å². The molecular weight excluding hydrogens is 321 g/mol. The average Bonchev–Trinajstić information content (AvgIpc) is 3.11. The highest BCUT2D eigenvalue weighted by Crippen LogP contribution is 2.63. The minimum absolute atomic E-state index is 0.308. The van der Waals surface area contributed by atoms with Gasteiger partial charge in [-0.3, -0.25) is 9.78 Å². The number of aromatic nitrogens is 1. The van der Waals surface area contributed by atoms with Crippen LogP contribution in [-0.4, -0.2) is 21.4 Å². The normalized spacial score (nSPS) is 22.5. The van der Waals surface area contributed by atoms with E-state index in [1.54, 1.807) is 30.7 Å². The van der Waals surface area contributed by atoms with Gasteiger partial charge in [0.2, 0.25) is 0 Å². The lowest BCUT2D eigenvalue weighted by atomic mass is 9.97. The van der Waals surface area contributed by atoms with Gasteiger partial charge in [0.25, 0.3) is 5.91 Å². The van der Waals surface area contributed by atoms with Gasteiger partial charge in [-0.05, 0) is 24.1 Å². The molecule has 1 fully saturated rings. The van der Waals surface area contributed by atoms with Crippen LogP contribution >= 0.6 is 23.2 Å². The number of nitrogens with one attached hydrogen (secondary N) is 1. The smallest absolute Gasteiger partial charge is 0.267 e. The number of benzene rings is 1. The van der Waals surface area contributed by atoms with Crippen LogP contribution in [-0.2, 0) is 5.41 Å². The van der Waals surface area contributed by atoms with Crippen molar-refractivity contribution in [1.82, 2.24) is 10.4 Å². The predicted molar refractivity (Wildman–Crippen MR) is 87.4 cm³/mol. The first kappa shape index (κ1) is 15.0. The van der Waals surface area contributed by atoms with Crippen molar-refractivity contribution in [3.8, 4) is 0 Å². The fourth-order valence-corrected chi connectivity index (χ4v) is 3.08. The molecule has 1 amide bonds. The van der Waals surface area contributed by atoms with Crippen LogP contribution < -0.4 is 5.43 Å². The van der Waals surface area contributed by atoms with Crippen LogP contribution in [0.1, 0.15) is 22.3 Å². The van der Waals surface area contributed by atoms with Crippen LogP contribution in [0, 0.1) is 0 Å². The minimum Gasteiger partial charge on any atom is -0.267 e. The van der Waals surface area contributed by atoms with Gasteiger partial charge in [0.15, 0.2) is 0 Å². The molecule has 1 aromatic heterocycles. The number of pyridine rings is 1. The largest absolute Gasteiger partial charge is 0.271 e. The molecule has 112 valence electrons. The lowest BCUT2D eigenvalue weighted by Crippen LogP contribution is -2.22. The number of carbonyl (C=O) groups is 1. The fraction of sp³-hybridized carbons (Fsp3) is 0.188. The monoisotopic (exact) mass is 333 g/mol. The summed E-state index contributed by atoms with van der Waals surface area (Å²) in [5.41, 5.74) is 3.38. The minimum atomic E-state index is -0.904. The Morgan fingerprint density at radius 2 is 1.82 bits per heavy atom. The third-order valence-corrected chi connectivity index (χ3v) is 4.65. The molecule has 4 nitrogen and oxygen atoms in total. The van der Waals surface area contributed by atoms with Crippen molar-refractivity contribution >= 4 is 35.3 Å². The number of halogens is 2. The fourth-order valence-electron chi connectivity index (χ4n) is 2.34. The molecule has 0 radical (unpaired) electrons. The second-order valence-corrected chi connectivity index (χ2v) is 6.64. The van der Waals surface area contributed by atoms with Gasteiger partial charge in [0.05, 0.1) is 5.41 Å². The molecule has 0 aliphatic heterocycles. The lowest BCUT2D eigenvalue weighted by molar-refractivity contribution is 0.0955. The second kappa shape index (κ2) is 5.71. The summed E-state index contributed by atoms with van der Waals surface area (Å²) in [5.74, 6) is -0.308. The molecule has 6 heteroatoms. The van der Waals surface area contributed by atoms with Gasteiger partial charge >= 0.3 is 0 Å². The van der Waals surface area contributed by atoms with Crippen LogP contribution in [0.4, 0.5) is 0 Å². The van der Waals surface area contributed by atoms with Gasteiger partial charge in [0, 0.05) is 24.2 Å². The molecule has 22 heavy (non-hydrogen) atoms. The van der Waals surface area contributed by atoms with E-state index < -0.39 is 9.75 Å². The SMILES string of the molecule is O=C(NN=CC1(c2ccccc2)CC1(Cl)Cl)c1ccncc1. The first-order chi connectivity index (χ1) is 10.6. The molecule has 1 aliphatic rings. The summed E-state index contributed by atoms with van der Waals surface area (Å²) >= 11 is 12.6. The van der Waals surface area contributed by atoms with Gasteiger partial charge in [-0.15, -0.1) is 23.2 Å². The summed E-state index contributed by atoms with van der Waals surface area (Å²) in [4.78, 5) is 15.8. The van der Waals surface area contributed by atoms with E-state index in [1.807, 2.05) is 30.3 Å². The maximum Gasteiger partial charge on any atom is 0.271 e. The van der Waals surface area contributed by atoms with E-state index in [2.05, 4.69) is 15.5 Å². The number of nitrogens with zero attached hydrogens (tertiary/aromatic N) is 2. The summed E-state index contributed by atoms with van der Waals surface area (Å²) < 4.78 is -0.904. The van der Waals surface area contributed by atoms with Gasteiger partial charge in [0.1, 0.15) is 4.33 Å². The molecule has 1 N–H and O–H groups in total. The maximum absolute atomic E-state index is 11.9. The number of rotatable bonds is 4. The molecule has 1 heterocycles. The number of alkyl halides is 2. The van der Waals surface area contributed by atoms with Crippen LogP contribution in [0.15, 0.2) is 60.0 Å². The first-order valence-corrected chi connectivity index (χ1v) is 7.49. The second-order valence-electron chi connectivity index (χ2n) is 5.15. The maximum atomic E-state index is 11.9. The number of hydrogen-bond donors (Lipinski definition) is 1. The van der Waals surface area contributed by atoms with Crippen LogP contribution in [0.25, 0.3) is 0 Å². The van der Waals surface area contributed by atoms with Crippen LogP contribution in [0.2, 0.25) is 0 Å². The van der Waals surface area contributed by atoms with Gasteiger partial charge in [-0.2, -0.15) is 5.10 Å². The van der Waals surface area contributed by atoms with Crippen molar-refractivity contribution in [2.75, 3.05) is 0 Å². The topological polar surface area (TPSA) is 54.4 Å². The van der Waals surface area contributed by atoms with E-state index in [4.69, 9.17) is 23.2 Å². The zero-order valence-electron chi connectivity index (χ0n) is 11.5. The Morgan fingerprint density at radius 3 is 2.41 bits per heavy atom. The Balaban J connectivity index is 1.75. The number of amides is 1. The molecule has 1 atom stereocenters. The molecule has 1 saturated carbocycles. The third-order valence-electron chi connectivity index (χ3n) is 3.71. The van der Waals surface area contributed by atoms with E-state index in [1.165, 1.54) is 0 Å². The zero-order valence-corrected chi connectivity index (χ0v) is 13.1. The van der Waals surface area contributed by atoms with E-state index in [0.29, 0.717) is 12.0 Å². The van der Waals surface area contributed by atoms with E-state index in [-0.39, 0.29) is 5.91 Å². The Morgan fingerprint density at radius 1 is 1.18 bits per heavy atom. The Hall–Kier alpha value is -1.91. The molecular formula is C16H13Cl2N3O. The Kier molecular flexibility index (Phi) is 3.89. The van der Waals surface area contributed by atoms with E-state index >= 15 is 0 Å². The van der Waals surface area contributed by atoms with Gasteiger partial charge in [-0.25, -0.2) is 5.43 Å². The van der Waals surface area contributed by atoms with Crippen molar-refractivity contribution < 1.29 is 4.79 Å². The van der Waals surface area contributed by atoms with Crippen molar-refractivity contribution in [1.29, 1.82) is 0 Å². The molecule has 0 saturated heterocycles. The van der Waals surface area contributed by atoms with Crippen LogP contribution in [0.3, 0.4) is 0 Å². The Bertz CT molecular complexity index is 704. The molecule has 3 rings (SSSR count). The quantitative estimate of drug-likeness (QED) is 0.530. The predicted octanol–water partition coefficient (Wildman–Crippen LogP) is 3.31. The van der Waals surface area contributed by atoms with Crippen molar-refractivity contribution in [2.45, 2.75) is 16.2 Å². The summed E-state index contributed by atoms with van der Waals surface area (Å²) in [7, 11) is 0. The van der Waals surface area contributed by atoms with Crippen molar-refractivity contribution in [3.63, 3.8) is 0 Å². The van der Waals surface area contributed by atoms with E-state index in [9.17, 15) is 4.79 Å². The summed E-state index contributed by atoms with van der Waals surface area (Å²) in [5, 5.41) is 4.04. The molecule has 2 aromatic rings. The number of carbonyl (C=O) groups excluding carboxylic acids is 1. The summed E-state index contributed by atoms with van der Waals surface area (Å²) in [6, 6.07) is 12.9. The van der Waals surface area contributed by atoms with E-state index in [0.717, 1.165) is 5.56 Å². The lowest BCUT2D eigenvalue weighted by Gasteiger charge is -2.13. The van der Waals surface area contributed by atoms with Gasteiger partial charge in [-0.1, -0.05) is 30.3 Å². The average molecular weight is 334 g/mol. The molecule has 0 spiro atoms.